The summed E-state index contributed by atoms with van der Waals surface area (Å²) in [4.78, 5) is 17.2. The Morgan fingerprint density at radius 1 is 1.24 bits per heavy atom. The summed E-state index contributed by atoms with van der Waals surface area (Å²) in [6.45, 7) is 1.99. The second-order valence-electron chi connectivity index (χ2n) is 6.47. The van der Waals surface area contributed by atoms with Crippen LogP contribution >= 0.6 is 0 Å². The van der Waals surface area contributed by atoms with Gasteiger partial charge in [-0.25, -0.2) is 0 Å². The van der Waals surface area contributed by atoms with Crippen LogP contribution < -0.4 is 15.2 Å². The zero-order valence-corrected chi connectivity index (χ0v) is 14.5. The highest BCUT2D eigenvalue weighted by atomic mass is 16.5. The molecule has 6 nitrogen and oxygen atoms in total. The minimum atomic E-state index is -0.680. The summed E-state index contributed by atoms with van der Waals surface area (Å²) in [7, 11) is 3.61. The summed E-state index contributed by atoms with van der Waals surface area (Å²) in [5.74, 6) is 0.739. The van der Waals surface area contributed by atoms with Gasteiger partial charge in [-0.2, -0.15) is 0 Å². The highest BCUT2D eigenvalue weighted by Gasteiger charge is 2.33. The molecule has 25 heavy (non-hydrogen) atoms. The number of hydrogen-bond acceptors (Lipinski definition) is 4. The van der Waals surface area contributed by atoms with E-state index in [1.807, 2.05) is 49.3 Å². The SMILES string of the molecule is CCC1Oc2c(-c3cn(C)c(=O)c4[nH]ccc34)cccc2N(C)C1O. The Morgan fingerprint density at radius 2 is 2.04 bits per heavy atom. The topological polar surface area (TPSA) is 70.5 Å². The maximum atomic E-state index is 12.3. The molecule has 0 aliphatic carbocycles. The van der Waals surface area contributed by atoms with Crippen LogP contribution in [0.5, 0.6) is 5.75 Å². The molecule has 0 spiro atoms. The number of fused-ring (bicyclic) bond motifs is 2. The Labute approximate surface area is 145 Å². The van der Waals surface area contributed by atoms with E-state index in [2.05, 4.69) is 4.98 Å². The number of para-hydroxylation sites is 1. The number of benzene rings is 1. The van der Waals surface area contributed by atoms with E-state index in [1.165, 1.54) is 0 Å². The predicted molar refractivity (Wildman–Crippen MR) is 98.1 cm³/mol. The van der Waals surface area contributed by atoms with Crippen LogP contribution in [-0.4, -0.2) is 34.0 Å². The van der Waals surface area contributed by atoms with Crippen LogP contribution in [0, 0.1) is 0 Å². The van der Waals surface area contributed by atoms with E-state index in [-0.39, 0.29) is 11.7 Å². The Morgan fingerprint density at radius 3 is 2.80 bits per heavy atom. The van der Waals surface area contributed by atoms with E-state index < -0.39 is 6.23 Å². The van der Waals surface area contributed by atoms with Gasteiger partial charge in [-0.15, -0.1) is 0 Å². The number of ether oxygens (including phenoxy) is 1. The highest BCUT2D eigenvalue weighted by molar-refractivity contribution is 5.97. The Bertz CT molecular complexity index is 1000. The zero-order chi connectivity index (χ0) is 17.7. The van der Waals surface area contributed by atoms with Gasteiger partial charge in [0.05, 0.1) is 5.69 Å². The number of nitrogens with zero attached hydrogens (tertiary/aromatic N) is 2. The van der Waals surface area contributed by atoms with Crippen molar-refractivity contribution in [1.29, 1.82) is 0 Å². The molecule has 6 heteroatoms. The quantitative estimate of drug-likeness (QED) is 0.752. The average molecular weight is 339 g/mol. The first-order valence-corrected chi connectivity index (χ1v) is 8.40. The number of aryl methyl sites for hydroxylation is 1. The lowest BCUT2D eigenvalue weighted by Crippen LogP contribution is -2.47. The number of hydrogen-bond donors (Lipinski definition) is 2. The number of rotatable bonds is 2. The molecular weight excluding hydrogens is 318 g/mol. The number of aromatic amines is 1. The lowest BCUT2D eigenvalue weighted by atomic mass is 10.00. The van der Waals surface area contributed by atoms with E-state index in [0.717, 1.165) is 28.0 Å². The number of aliphatic hydroxyl groups is 1. The summed E-state index contributed by atoms with van der Waals surface area (Å²) in [6.07, 6.45) is 3.33. The third kappa shape index (κ3) is 2.25. The number of aliphatic hydroxyl groups excluding tert-OH is 1. The van der Waals surface area contributed by atoms with Gasteiger partial charge >= 0.3 is 0 Å². The van der Waals surface area contributed by atoms with Crippen molar-refractivity contribution >= 4 is 16.6 Å². The normalized spacial score (nSPS) is 19.8. The molecule has 0 bridgehead atoms. The first-order chi connectivity index (χ1) is 12.0. The van der Waals surface area contributed by atoms with Gasteiger partial charge in [0, 0.05) is 43.0 Å². The number of H-pyrrole nitrogens is 1. The molecule has 1 aliphatic heterocycles. The third-order valence-electron chi connectivity index (χ3n) is 4.96. The molecule has 0 amide bonds. The van der Waals surface area contributed by atoms with Gasteiger partial charge < -0.3 is 24.3 Å². The molecule has 130 valence electrons. The summed E-state index contributed by atoms with van der Waals surface area (Å²) in [6, 6.07) is 7.77. The van der Waals surface area contributed by atoms with E-state index in [4.69, 9.17) is 4.74 Å². The summed E-state index contributed by atoms with van der Waals surface area (Å²) < 4.78 is 7.73. The van der Waals surface area contributed by atoms with Gasteiger partial charge in [-0.1, -0.05) is 19.1 Å². The van der Waals surface area contributed by atoms with Crippen LogP contribution in [0.3, 0.4) is 0 Å². The molecule has 2 unspecified atom stereocenters. The van der Waals surface area contributed by atoms with Crippen LogP contribution in [0.1, 0.15) is 13.3 Å². The number of nitrogens with one attached hydrogen (secondary N) is 1. The van der Waals surface area contributed by atoms with Gasteiger partial charge in [0.25, 0.3) is 5.56 Å². The minimum absolute atomic E-state index is 0.0616. The summed E-state index contributed by atoms with van der Waals surface area (Å²) in [5, 5.41) is 11.3. The van der Waals surface area contributed by atoms with Gasteiger partial charge in [-0.05, 0) is 18.6 Å². The predicted octanol–water partition coefficient (Wildman–Crippen LogP) is 2.46. The minimum Gasteiger partial charge on any atom is -0.483 e. The molecule has 3 heterocycles. The molecule has 0 saturated carbocycles. The molecule has 4 rings (SSSR count). The van der Waals surface area contributed by atoms with Crippen LogP contribution in [0.2, 0.25) is 0 Å². The maximum absolute atomic E-state index is 12.3. The van der Waals surface area contributed by atoms with Crippen molar-refractivity contribution in [2.45, 2.75) is 25.7 Å². The smallest absolute Gasteiger partial charge is 0.274 e. The molecule has 1 aliphatic rings. The van der Waals surface area contributed by atoms with Gasteiger partial charge in [0.2, 0.25) is 0 Å². The van der Waals surface area contributed by atoms with Gasteiger partial charge in [0.1, 0.15) is 11.6 Å². The van der Waals surface area contributed by atoms with Gasteiger partial charge in [0.15, 0.2) is 12.0 Å². The summed E-state index contributed by atoms with van der Waals surface area (Å²) in [5.41, 5.74) is 3.19. The third-order valence-corrected chi connectivity index (χ3v) is 4.96. The fourth-order valence-corrected chi connectivity index (χ4v) is 3.52. The maximum Gasteiger partial charge on any atom is 0.274 e. The second kappa shape index (κ2) is 5.67. The largest absolute Gasteiger partial charge is 0.483 e. The molecular formula is C19H21N3O3. The molecule has 2 N–H and O–H groups in total. The lowest BCUT2D eigenvalue weighted by Gasteiger charge is -2.39. The molecule has 2 atom stereocenters. The number of anilines is 1. The monoisotopic (exact) mass is 339 g/mol. The van der Waals surface area contributed by atoms with E-state index >= 15 is 0 Å². The van der Waals surface area contributed by atoms with Crippen LogP contribution in [-0.2, 0) is 7.05 Å². The van der Waals surface area contributed by atoms with E-state index in [0.29, 0.717) is 11.9 Å². The Balaban J connectivity index is 1.99. The molecule has 3 aromatic rings. The highest BCUT2D eigenvalue weighted by Crippen LogP contribution is 2.44. The fourth-order valence-electron chi connectivity index (χ4n) is 3.52. The van der Waals surface area contributed by atoms with Crippen molar-refractivity contribution in [2.75, 3.05) is 11.9 Å². The second-order valence-corrected chi connectivity index (χ2v) is 6.47. The van der Waals surface area contributed by atoms with Crippen molar-refractivity contribution in [3.8, 4) is 16.9 Å². The van der Waals surface area contributed by atoms with E-state index in [9.17, 15) is 9.90 Å². The summed E-state index contributed by atoms with van der Waals surface area (Å²) >= 11 is 0. The van der Waals surface area contributed by atoms with Crippen molar-refractivity contribution in [3.05, 3.63) is 47.0 Å². The molecule has 2 aromatic heterocycles. The molecule has 0 fully saturated rings. The first kappa shape index (κ1) is 15.8. The van der Waals surface area contributed by atoms with Crippen LogP contribution in [0.4, 0.5) is 5.69 Å². The molecule has 0 radical (unpaired) electrons. The number of pyridine rings is 1. The Kier molecular flexibility index (Phi) is 3.58. The number of likely N-dealkylation sites (N-methyl/N-ethyl adjacent to an activating group) is 1. The van der Waals surface area contributed by atoms with Gasteiger partial charge in [-0.3, -0.25) is 4.79 Å². The zero-order valence-electron chi connectivity index (χ0n) is 14.5. The average Bonchev–Trinajstić information content (AvgIpc) is 3.11. The van der Waals surface area contributed by atoms with Crippen molar-refractivity contribution in [3.63, 3.8) is 0 Å². The molecule has 0 saturated heterocycles. The fraction of sp³-hybridized carbons (Fsp3) is 0.316. The molecule has 1 aromatic carbocycles. The van der Waals surface area contributed by atoms with E-state index in [1.54, 1.807) is 17.8 Å². The Hall–Kier alpha value is -2.73. The van der Waals surface area contributed by atoms with Crippen LogP contribution in [0.25, 0.3) is 22.0 Å². The van der Waals surface area contributed by atoms with Crippen molar-refractivity contribution in [2.24, 2.45) is 7.05 Å². The van der Waals surface area contributed by atoms with Crippen molar-refractivity contribution in [1.82, 2.24) is 9.55 Å². The van der Waals surface area contributed by atoms with Crippen LogP contribution in [0.15, 0.2) is 41.5 Å². The first-order valence-electron chi connectivity index (χ1n) is 8.40. The lowest BCUT2D eigenvalue weighted by molar-refractivity contribution is 0.0240. The standard InChI is InChI=1S/C19H21N3O3/c1-4-15-18(23)22(3)14-7-5-6-12(17(14)25-15)13-10-21(2)19(24)16-11(13)8-9-20-16/h5-10,15,18,20,23H,4H2,1-3H3. The van der Waals surface area contributed by atoms with Crippen molar-refractivity contribution < 1.29 is 9.84 Å². The number of aromatic nitrogens is 2.